The molecule has 0 aliphatic heterocycles. The highest BCUT2D eigenvalue weighted by molar-refractivity contribution is 5.81. The van der Waals surface area contributed by atoms with Gasteiger partial charge in [-0.1, -0.05) is 30.3 Å². The average Bonchev–Trinajstić information content (AvgIpc) is 2.19. The molecule has 0 bridgehead atoms. The predicted molar refractivity (Wildman–Crippen MR) is 49.6 cm³/mol. The first-order chi connectivity index (χ1) is 6.61. The molecule has 0 spiro atoms. The third-order valence-electron chi connectivity index (χ3n) is 2.02. The van der Waals surface area contributed by atoms with Crippen LogP contribution in [0.4, 0.5) is 0 Å². The van der Waals surface area contributed by atoms with E-state index in [1.54, 1.807) is 30.3 Å². The predicted octanol–water partition coefficient (Wildman–Crippen LogP) is 1.32. The number of isocyanates is 1. The molecule has 0 saturated carbocycles. The van der Waals surface area contributed by atoms with E-state index in [4.69, 9.17) is 5.11 Å². The maximum Gasteiger partial charge on any atom is 0.336 e. The van der Waals surface area contributed by atoms with E-state index in [2.05, 4.69) is 4.99 Å². The number of carbonyl (C=O) groups excluding carboxylic acids is 1. The van der Waals surface area contributed by atoms with Gasteiger partial charge in [-0.15, -0.1) is 0 Å². The summed E-state index contributed by atoms with van der Waals surface area (Å²) in [5.41, 5.74) is -1.08. The zero-order chi connectivity index (χ0) is 10.6. The van der Waals surface area contributed by atoms with Crippen molar-refractivity contribution in [2.24, 2.45) is 4.99 Å². The zero-order valence-corrected chi connectivity index (χ0v) is 7.60. The van der Waals surface area contributed by atoms with Crippen molar-refractivity contribution in [3.05, 3.63) is 35.9 Å². The van der Waals surface area contributed by atoms with Crippen LogP contribution in [-0.4, -0.2) is 17.2 Å². The van der Waals surface area contributed by atoms with Crippen LogP contribution in [0, 0.1) is 0 Å². The van der Waals surface area contributed by atoms with Gasteiger partial charge in [-0.2, -0.15) is 4.99 Å². The Kier molecular flexibility index (Phi) is 2.79. The number of aliphatic imine (C=N–C) groups is 1. The molecular formula is C10H9NO3. The van der Waals surface area contributed by atoms with Crippen LogP contribution >= 0.6 is 0 Å². The van der Waals surface area contributed by atoms with Gasteiger partial charge in [0.05, 0.1) is 0 Å². The minimum Gasteiger partial charge on any atom is -0.479 e. The number of hydrogen-bond donors (Lipinski definition) is 1. The van der Waals surface area contributed by atoms with Crippen LogP contribution in [0.15, 0.2) is 35.3 Å². The third kappa shape index (κ3) is 1.70. The monoisotopic (exact) mass is 191 g/mol. The number of carboxylic acids is 1. The van der Waals surface area contributed by atoms with Crippen molar-refractivity contribution in [2.45, 2.75) is 12.5 Å². The molecule has 0 fully saturated rings. The lowest BCUT2D eigenvalue weighted by Crippen LogP contribution is -2.29. The van der Waals surface area contributed by atoms with Gasteiger partial charge < -0.3 is 5.11 Å². The fraction of sp³-hybridized carbons (Fsp3) is 0.200. The summed E-state index contributed by atoms with van der Waals surface area (Å²) in [6.45, 7) is 1.36. The SMILES string of the molecule is CC(N=C=O)(C(=O)O)c1ccccc1. The number of hydrogen-bond acceptors (Lipinski definition) is 3. The van der Waals surface area contributed by atoms with Crippen molar-refractivity contribution in [2.75, 3.05) is 0 Å². The summed E-state index contributed by atoms with van der Waals surface area (Å²) >= 11 is 0. The number of aliphatic carboxylic acids is 1. The van der Waals surface area contributed by atoms with Crippen LogP contribution in [0.5, 0.6) is 0 Å². The van der Waals surface area contributed by atoms with Gasteiger partial charge >= 0.3 is 5.97 Å². The Hall–Kier alpha value is -1.93. The van der Waals surface area contributed by atoms with Gasteiger partial charge in [-0.25, -0.2) is 9.59 Å². The molecule has 4 nitrogen and oxygen atoms in total. The molecule has 1 N–H and O–H groups in total. The lowest BCUT2D eigenvalue weighted by atomic mass is 9.93. The van der Waals surface area contributed by atoms with Gasteiger partial charge in [-0.05, 0) is 12.5 Å². The van der Waals surface area contributed by atoms with Crippen molar-refractivity contribution in [1.29, 1.82) is 0 Å². The van der Waals surface area contributed by atoms with Crippen molar-refractivity contribution < 1.29 is 14.7 Å². The van der Waals surface area contributed by atoms with Gasteiger partial charge in [0.15, 0.2) is 5.54 Å². The molecule has 72 valence electrons. The minimum atomic E-state index is -1.54. The van der Waals surface area contributed by atoms with Crippen molar-refractivity contribution >= 4 is 12.0 Å². The molecule has 0 radical (unpaired) electrons. The fourth-order valence-corrected chi connectivity index (χ4v) is 1.09. The van der Waals surface area contributed by atoms with Gasteiger partial charge in [0.2, 0.25) is 6.08 Å². The molecule has 0 aromatic heterocycles. The van der Waals surface area contributed by atoms with E-state index in [0.717, 1.165) is 0 Å². The first kappa shape index (κ1) is 10.2. The summed E-state index contributed by atoms with van der Waals surface area (Å²) in [6, 6.07) is 8.36. The number of carbonyl (C=O) groups is 1. The molecule has 1 atom stereocenters. The Morgan fingerprint density at radius 3 is 2.43 bits per heavy atom. The van der Waals surface area contributed by atoms with Crippen molar-refractivity contribution in [3.8, 4) is 0 Å². The molecule has 1 rings (SSSR count). The Labute approximate surface area is 80.9 Å². The van der Waals surface area contributed by atoms with Gasteiger partial charge in [0.25, 0.3) is 0 Å². The van der Waals surface area contributed by atoms with Crippen molar-refractivity contribution in [3.63, 3.8) is 0 Å². The first-order valence-electron chi connectivity index (χ1n) is 3.99. The highest BCUT2D eigenvalue weighted by atomic mass is 16.4. The zero-order valence-electron chi connectivity index (χ0n) is 7.60. The van der Waals surface area contributed by atoms with E-state index in [1.807, 2.05) is 0 Å². The normalized spacial score (nSPS) is 13.8. The quantitative estimate of drug-likeness (QED) is 0.578. The van der Waals surface area contributed by atoms with Gasteiger partial charge in [0, 0.05) is 0 Å². The highest BCUT2D eigenvalue weighted by Gasteiger charge is 2.34. The second kappa shape index (κ2) is 3.85. The van der Waals surface area contributed by atoms with E-state index in [1.165, 1.54) is 13.0 Å². The maximum atomic E-state index is 10.9. The summed E-state index contributed by atoms with van der Waals surface area (Å²) in [6.07, 6.45) is 1.28. The summed E-state index contributed by atoms with van der Waals surface area (Å²) < 4.78 is 0. The van der Waals surface area contributed by atoms with E-state index in [9.17, 15) is 9.59 Å². The second-order valence-corrected chi connectivity index (χ2v) is 2.95. The molecule has 1 unspecified atom stereocenters. The molecule has 0 aliphatic carbocycles. The van der Waals surface area contributed by atoms with Crippen LogP contribution in [-0.2, 0) is 15.1 Å². The van der Waals surface area contributed by atoms with E-state index >= 15 is 0 Å². The van der Waals surface area contributed by atoms with Crippen LogP contribution in [0.25, 0.3) is 0 Å². The van der Waals surface area contributed by atoms with Gasteiger partial charge in [0.1, 0.15) is 0 Å². The number of benzene rings is 1. The van der Waals surface area contributed by atoms with Crippen LogP contribution < -0.4 is 0 Å². The molecule has 1 aromatic carbocycles. The Morgan fingerprint density at radius 1 is 1.43 bits per heavy atom. The van der Waals surface area contributed by atoms with E-state index in [-0.39, 0.29) is 0 Å². The minimum absolute atomic E-state index is 0.454. The standard InChI is InChI=1S/C10H9NO3/c1-10(9(13)14,11-7-12)8-5-3-2-4-6-8/h2-6H,1H3,(H,13,14). The fourth-order valence-electron chi connectivity index (χ4n) is 1.09. The summed E-state index contributed by atoms with van der Waals surface area (Å²) in [4.78, 5) is 24.4. The molecular weight excluding hydrogens is 182 g/mol. The highest BCUT2D eigenvalue weighted by Crippen LogP contribution is 2.24. The lowest BCUT2D eigenvalue weighted by molar-refractivity contribution is -0.142. The summed E-state index contributed by atoms with van der Waals surface area (Å²) in [5.74, 6) is -1.17. The smallest absolute Gasteiger partial charge is 0.336 e. The van der Waals surface area contributed by atoms with Crippen molar-refractivity contribution in [1.82, 2.24) is 0 Å². The molecule has 0 amide bonds. The van der Waals surface area contributed by atoms with Crippen LogP contribution in [0.3, 0.4) is 0 Å². The number of nitrogens with zero attached hydrogens (tertiary/aromatic N) is 1. The lowest BCUT2D eigenvalue weighted by Gasteiger charge is -2.17. The van der Waals surface area contributed by atoms with Crippen LogP contribution in [0.2, 0.25) is 0 Å². The largest absolute Gasteiger partial charge is 0.479 e. The molecule has 0 aliphatic rings. The Bertz CT molecular complexity index is 378. The summed E-state index contributed by atoms with van der Waals surface area (Å²) in [5, 5.41) is 8.94. The van der Waals surface area contributed by atoms with Gasteiger partial charge in [-0.3, -0.25) is 0 Å². The van der Waals surface area contributed by atoms with Crippen LogP contribution in [0.1, 0.15) is 12.5 Å². The van der Waals surface area contributed by atoms with E-state index < -0.39 is 11.5 Å². The Morgan fingerprint density at radius 2 is 2.00 bits per heavy atom. The molecule has 0 heterocycles. The molecule has 4 heteroatoms. The number of rotatable bonds is 3. The topological polar surface area (TPSA) is 66.7 Å². The second-order valence-electron chi connectivity index (χ2n) is 2.95. The van der Waals surface area contributed by atoms with E-state index in [0.29, 0.717) is 5.56 Å². The molecule has 0 saturated heterocycles. The Balaban J connectivity index is 3.26. The third-order valence-corrected chi connectivity index (χ3v) is 2.02. The molecule has 1 aromatic rings. The number of carboxylic acid groups (broad SMARTS) is 1. The molecule has 14 heavy (non-hydrogen) atoms. The summed E-state index contributed by atoms with van der Waals surface area (Å²) in [7, 11) is 0. The maximum absolute atomic E-state index is 10.9. The first-order valence-corrected chi connectivity index (χ1v) is 3.99. The average molecular weight is 191 g/mol.